The number of furan rings is 1. The molecule has 0 saturated heterocycles. The number of rotatable bonds is 4. The Morgan fingerprint density at radius 1 is 1.45 bits per heavy atom. The SMILES string of the molecule is Cc1cc(C(C)(O)CNC(=O)C2(C#N)CCCCC2)c(C)o1. The van der Waals surface area contributed by atoms with Crippen LogP contribution in [-0.4, -0.2) is 17.6 Å². The highest BCUT2D eigenvalue weighted by atomic mass is 16.3. The van der Waals surface area contributed by atoms with Gasteiger partial charge < -0.3 is 14.8 Å². The highest BCUT2D eigenvalue weighted by Crippen LogP contribution is 2.36. The summed E-state index contributed by atoms with van der Waals surface area (Å²) in [5.74, 6) is 1.09. The highest BCUT2D eigenvalue weighted by molar-refractivity contribution is 5.85. The van der Waals surface area contributed by atoms with Gasteiger partial charge in [-0.3, -0.25) is 4.79 Å². The summed E-state index contributed by atoms with van der Waals surface area (Å²) in [7, 11) is 0. The van der Waals surface area contributed by atoms with E-state index in [0.29, 0.717) is 24.2 Å². The smallest absolute Gasteiger partial charge is 0.240 e. The van der Waals surface area contributed by atoms with Crippen LogP contribution in [0.25, 0.3) is 0 Å². The Labute approximate surface area is 131 Å². The minimum Gasteiger partial charge on any atom is -0.466 e. The van der Waals surface area contributed by atoms with Gasteiger partial charge in [-0.15, -0.1) is 0 Å². The third kappa shape index (κ3) is 3.17. The summed E-state index contributed by atoms with van der Waals surface area (Å²) in [6.45, 7) is 5.31. The molecule has 0 aromatic carbocycles. The maximum atomic E-state index is 12.5. The summed E-state index contributed by atoms with van der Waals surface area (Å²) < 4.78 is 5.44. The summed E-state index contributed by atoms with van der Waals surface area (Å²) in [6.07, 6.45) is 4.07. The number of nitrogens with zero attached hydrogens (tertiary/aromatic N) is 1. The number of nitrogens with one attached hydrogen (secondary N) is 1. The van der Waals surface area contributed by atoms with Gasteiger partial charge in [0, 0.05) is 5.56 Å². The zero-order valence-electron chi connectivity index (χ0n) is 13.5. The summed E-state index contributed by atoms with van der Waals surface area (Å²) >= 11 is 0. The van der Waals surface area contributed by atoms with E-state index < -0.39 is 11.0 Å². The molecule has 5 heteroatoms. The largest absolute Gasteiger partial charge is 0.466 e. The molecule has 2 rings (SSSR count). The molecule has 1 aliphatic rings. The maximum absolute atomic E-state index is 12.5. The van der Waals surface area contributed by atoms with E-state index in [1.807, 2.05) is 6.92 Å². The van der Waals surface area contributed by atoms with Gasteiger partial charge in [0.25, 0.3) is 0 Å². The predicted octanol–water partition coefficient (Wildman–Crippen LogP) is 2.69. The van der Waals surface area contributed by atoms with Gasteiger partial charge in [0.15, 0.2) is 0 Å². The van der Waals surface area contributed by atoms with Crippen LogP contribution in [0.3, 0.4) is 0 Å². The predicted molar refractivity (Wildman–Crippen MR) is 81.9 cm³/mol. The van der Waals surface area contributed by atoms with Crippen molar-refractivity contribution in [2.24, 2.45) is 5.41 Å². The van der Waals surface area contributed by atoms with E-state index in [2.05, 4.69) is 11.4 Å². The number of aryl methyl sites for hydroxylation is 2. The fraction of sp³-hybridized carbons (Fsp3) is 0.647. The first kappa shape index (κ1) is 16.6. The molecule has 1 amide bonds. The second-order valence-corrected chi connectivity index (χ2v) is 6.54. The van der Waals surface area contributed by atoms with E-state index in [-0.39, 0.29) is 12.5 Å². The topological polar surface area (TPSA) is 86.3 Å². The monoisotopic (exact) mass is 304 g/mol. The van der Waals surface area contributed by atoms with E-state index in [1.165, 1.54) is 0 Å². The normalized spacial score (nSPS) is 20.0. The van der Waals surface area contributed by atoms with E-state index >= 15 is 0 Å². The van der Waals surface area contributed by atoms with Crippen LogP contribution in [0.4, 0.5) is 0 Å². The average Bonchev–Trinajstić information content (AvgIpc) is 2.85. The van der Waals surface area contributed by atoms with Crippen LogP contribution in [0.15, 0.2) is 10.5 Å². The molecule has 1 unspecified atom stereocenters. The summed E-state index contributed by atoms with van der Waals surface area (Å²) in [6, 6.07) is 3.98. The molecule has 1 aromatic rings. The summed E-state index contributed by atoms with van der Waals surface area (Å²) in [5, 5.41) is 22.8. The third-order valence-electron chi connectivity index (χ3n) is 4.57. The molecule has 22 heavy (non-hydrogen) atoms. The van der Waals surface area contributed by atoms with Crippen molar-refractivity contribution in [2.75, 3.05) is 6.54 Å². The number of hydrogen-bond acceptors (Lipinski definition) is 4. The van der Waals surface area contributed by atoms with Crippen molar-refractivity contribution >= 4 is 5.91 Å². The van der Waals surface area contributed by atoms with Gasteiger partial charge in [0.1, 0.15) is 22.5 Å². The van der Waals surface area contributed by atoms with Gasteiger partial charge in [0.2, 0.25) is 5.91 Å². The molecule has 2 N–H and O–H groups in total. The second kappa shape index (κ2) is 6.13. The lowest BCUT2D eigenvalue weighted by Gasteiger charge is -2.31. The number of nitriles is 1. The first-order valence-corrected chi connectivity index (χ1v) is 7.80. The molecular weight excluding hydrogens is 280 g/mol. The molecule has 1 fully saturated rings. The summed E-state index contributed by atoms with van der Waals surface area (Å²) in [5.41, 5.74) is -1.49. The number of aliphatic hydroxyl groups is 1. The Kier molecular flexibility index (Phi) is 4.62. The van der Waals surface area contributed by atoms with Crippen molar-refractivity contribution in [2.45, 2.75) is 58.5 Å². The number of amides is 1. The Morgan fingerprint density at radius 3 is 2.59 bits per heavy atom. The molecule has 1 aromatic heterocycles. The molecule has 1 atom stereocenters. The second-order valence-electron chi connectivity index (χ2n) is 6.54. The van der Waals surface area contributed by atoms with Gasteiger partial charge >= 0.3 is 0 Å². The standard InChI is InChI=1S/C17H24N2O3/c1-12-9-14(13(2)22-12)16(3,21)11-19-15(20)17(10-18)7-5-4-6-8-17/h9,21H,4-8,11H2,1-3H3,(H,19,20). The van der Waals surface area contributed by atoms with Crippen molar-refractivity contribution in [1.29, 1.82) is 5.26 Å². The lowest BCUT2D eigenvalue weighted by atomic mass is 9.74. The molecule has 0 aliphatic heterocycles. The van der Waals surface area contributed by atoms with Crippen molar-refractivity contribution in [3.8, 4) is 6.07 Å². The van der Waals surface area contributed by atoms with Crippen molar-refractivity contribution in [3.05, 3.63) is 23.2 Å². The van der Waals surface area contributed by atoms with Crippen molar-refractivity contribution < 1.29 is 14.3 Å². The zero-order chi connectivity index (χ0) is 16.4. The maximum Gasteiger partial charge on any atom is 0.240 e. The molecule has 0 radical (unpaired) electrons. The van der Waals surface area contributed by atoms with Crippen LogP contribution in [0.1, 0.15) is 56.1 Å². The van der Waals surface area contributed by atoms with Crippen molar-refractivity contribution in [1.82, 2.24) is 5.32 Å². The highest BCUT2D eigenvalue weighted by Gasteiger charge is 2.40. The third-order valence-corrected chi connectivity index (χ3v) is 4.57. The van der Waals surface area contributed by atoms with Gasteiger partial charge in [-0.25, -0.2) is 0 Å². The molecule has 1 saturated carbocycles. The fourth-order valence-corrected chi connectivity index (χ4v) is 3.23. The van der Waals surface area contributed by atoms with E-state index in [9.17, 15) is 15.2 Å². The van der Waals surface area contributed by atoms with E-state index in [4.69, 9.17) is 4.42 Å². The Morgan fingerprint density at radius 2 is 2.09 bits per heavy atom. The lowest BCUT2D eigenvalue weighted by Crippen LogP contribution is -2.46. The lowest BCUT2D eigenvalue weighted by molar-refractivity contribution is -0.130. The molecule has 1 heterocycles. The molecule has 120 valence electrons. The number of carbonyl (C=O) groups is 1. The minimum atomic E-state index is -1.22. The molecule has 0 spiro atoms. The van der Waals surface area contributed by atoms with Crippen LogP contribution >= 0.6 is 0 Å². The van der Waals surface area contributed by atoms with Crippen LogP contribution in [0.2, 0.25) is 0 Å². The van der Waals surface area contributed by atoms with Gasteiger partial charge in [-0.05, 0) is 39.7 Å². The van der Waals surface area contributed by atoms with Crippen molar-refractivity contribution in [3.63, 3.8) is 0 Å². The van der Waals surface area contributed by atoms with Crippen LogP contribution < -0.4 is 5.32 Å². The molecule has 0 bridgehead atoms. The van der Waals surface area contributed by atoms with Crippen LogP contribution in [0.5, 0.6) is 0 Å². The summed E-state index contributed by atoms with van der Waals surface area (Å²) in [4.78, 5) is 12.5. The molecule has 5 nitrogen and oxygen atoms in total. The Balaban J connectivity index is 2.06. The van der Waals surface area contributed by atoms with Crippen LogP contribution in [-0.2, 0) is 10.4 Å². The Hall–Kier alpha value is -1.80. The van der Waals surface area contributed by atoms with Gasteiger partial charge in [-0.1, -0.05) is 19.3 Å². The number of hydrogen-bond donors (Lipinski definition) is 2. The zero-order valence-corrected chi connectivity index (χ0v) is 13.5. The molecular formula is C17H24N2O3. The average molecular weight is 304 g/mol. The van der Waals surface area contributed by atoms with Gasteiger partial charge in [-0.2, -0.15) is 5.26 Å². The quantitative estimate of drug-likeness (QED) is 0.895. The minimum absolute atomic E-state index is 0.0646. The Bertz CT molecular complexity index is 590. The van der Waals surface area contributed by atoms with E-state index in [1.54, 1.807) is 19.9 Å². The molecule has 1 aliphatic carbocycles. The van der Waals surface area contributed by atoms with E-state index in [0.717, 1.165) is 25.0 Å². The number of carbonyl (C=O) groups excluding carboxylic acids is 1. The first-order valence-electron chi connectivity index (χ1n) is 7.80. The first-order chi connectivity index (χ1) is 10.3. The fourth-order valence-electron chi connectivity index (χ4n) is 3.23. The van der Waals surface area contributed by atoms with Gasteiger partial charge in [0.05, 0.1) is 12.6 Å². The van der Waals surface area contributed by atoms with Crippen LogP contribution in [0, 0.1) is 30.6 Å².